The Bertz CT molecular complexity index is 1100. The van der Waals surface area contributed by atoms with Gasteiger partial charge in [-0.3, -0.25) is 0 Å². The largest absolute Gasteiger partial charge is 0.384 e. The zero-order valence-corrected chi connectivity index (χ0v) is 20.4. The number of methoxy groups -OCH3 is 1. The predicted octanol–water partition coefficient (Wildman–Crippen LogP) is 2.49. The van der Waals surface area contributed by atoms with Gasteiger partial charge in [0.25, 0.3) is 0 Å². The third-order valence-electron chi connectivity index (χ3n) is 6.54. The monoisotopic (exact) mass is 512 g/mol. The molecule has 2 unspecified atom stereocenters. The molecule has 0 N–H and O–H groups in total. The summed E-state index contributed by atoms with van der Waals surface area (Å²) in [6.07, 6.45) is -1.56. The summed E-state index contributed by atoms with van der Waals surface area (Å²) in [5.74, 6) is 0.597. The molecule has 12 heteroatoms. The molecule has 0 bridgehead atoms. The van der Waals surface area contributed by atoms with Crippen LogP contribution in [-0.2, 0) is 27.4 Å². The molecule has 1 aromatic carbocycles. The zero-order chi connectivity index (χ0) is 25.0. The van der Waals surface area contributed by atoms with Gasteiger partial charge in [0.15, 0.2) is 15.7 Å². The fraction of sp³-hybridized carbons (Fsp3) is 0.609. The second-order valence-corrected chi connectivity index (χ2v) is 11.4. The minimum Gasteiger partial charge on any atom is -0.384 e. The smallest absolute Gasteiger partial charge is 0.320 e. The molecule has 0 spiro atoms. The summed E-state index contributed by atoms with van der Waals surface area (Å²) in [5.41, 5.74) is 1.49. The number of aromatic nitrogens is 2. The molecule has 1 aromatic heterocycles. The van der Waals surface area contributed by atoms with Crippen molar-refractivity contribution in [1.82, 2.24) is 19.9 Å². The van der Waals surface area contributed by atoms with E-state index in [-0.39, 0.29) is 48.9 Å². The number of nitrogens with zero attached hydrogens (tertiary/aromatic N) is 4. The van der Waals surface area contributed by atoms with Gasteiger partial charge in [0.2, 0.25) is 12.3 Å². The highest BCUT2D eigenvalue weighted by molar-refractivity contribution is 7.91. The summed E-state index contributed by atoms with van der Waals surface area (Å²) in [5, 5.41) is 4.02. The third-order valence-corrected chi connectivity index (χ3v) is 8.15. The van der Waals surface area contributed by atoms with Crippen LogP contribution in [0.15, 0.2) is 28.8 Å². The van der Waals surface area contributed by atoms with Gasteiger partial charge in [0.05, 0.1) is 24.0 Å². The van der Waals surface area contributed by atoms with Gasteiger partial charge in [0, 0.05) is 52.0 Å². The van der Waals surface area contributed by atoms with E-state index >= 15 is 0 Å². The van der Waals surface area contributed by atoms with Crippen LogP contribution in [0.4, 0.5) is 13.6 Å². The molecule has 2 atom stereocenters. The van der Waals surface area contributed by atoms with Gasteiger partial charge in [-0.1, -0.05) is 29.4 Å². The molecule has 2 fully saturated rings. The first-order valence-corrected chi connectivity index (χ1v) is 13.5. The lowest BCUT2D eigenvalue weighted by atomic mass is 9.84. The van der Waals surface area contributed by atoms with E-state index in [4.69, 9.17) is 9.26 Å². The molecule has 2 aliphatic heterocycles. The van der Waals surface area contributed by atoms with E-state index in [1.165, 1.54) is 0 Å². The van der Waals surface area contributed by atoms with E-state index in [1.807, 2.05) is 12.1 Å². The van der Waals surface area contributed by atoms with Gasteiger partial charge < -0.3 is 19.1 Å². The van der Waals surface area contributed by atoms with Crippen LogP contribution >= 0.6 is 0 Å². The Labute approximate surface area is 203 Å². The van der Waals surface area contributed by atoms with Crippen LogP contribution in [0.3, 0.4) is 0 Å². The van der Waals surface area contributed by atoms with Crippen molar-refractivity contribution in [2.75, 3.05) is 51.4 Å². The van der Waals surface area contributed by atoms with E-state index in [0.717, 1.165) is 5.56 Å². The van der Waals surface area contributed by atoms with Crippen molar-refractivity contribution in [2.24, 2.45) is 0 Å². The van der Waals surface area contributed by atoms with Gasteiger partial charge in [-0.25, -0.2) is 22.0 Å². The molecular weight excluding hydrogens is 482 g/mol. The van der Waals surface area contributed by atoms with Crippen molar-refractivity contribution < 1.29 is 31.3 Å². The lowest BCUT2D eigenvalue weighted by molar-refractivity contribution is 0.130. The fourth-order valence-corrected chi connectivity index (χ4v) is 5.81. The molecule has 4 rings (SSSR count). The molecule has 9 nitrogen and oxygen atoms in total. The van der Waals surface area contributed by atoms with Gasteiger partial charge >= 0.3 is 6.03 Å². The molecule has 0 aliphatic carbocycles. The standard InChI is InChI=1S/C23H30F2N4O5S/c1-33-9-6-21-26-22(34-27-21)19-13-18(17-4-2-16(3-5-17)12-20(24)25)14-29(15-19)23(30)28-7-10-35(31,32)11-8-28/h2-5,18-20H,6-15H2,1H3. The Kier molecular flexibility index (Phi) is 8.00. The third kappa shape index (κ3) is 6.54. The number of sulfone groups is 1. The first-order valence-electron chi connectivity index (χ1n) is 11.7. The number of amides is 2. The summed E-state index contributed by atoms with van der Waals surface area (Å²) in [7, 11) is -1.52. The second-order valence-electron chi connectivity index (χ2n) is 9.08. The van der Waals surface area contributed by atoms with E-state index in [0.29, 0.717) is 49.8 Å². The molecule has 192 valence electrons. The number of alkyl halides is 2. The maximum absolute atomic E-state index is 13.3. The van der Waals surface area contributed by atoms with Gasteiger partial charge in [0.1, 0.15) is 0 Å². The van der Waals surface area contributed by atoms with Crippen LogP contribution in [-0.4, -0.2) is 92.2 Å². The fourth-order valence-electron chi connectivity index (χ4n) is 4.61. The Hall–Kier alpha value is -2.60. The zero-order valence-electron chi connectivity index (χ0n) is 19.6. The highest BCUT2D eigenvalue weighted by Crippen LogP contribution is 2.36. The highest BCUT2D eigenvalue weighted by atomic mass is 32.2. The lowest BCUT2D eigenvalue weighted by Gasteiger charge is -2.40. The quantitative estimate of drug-likeness (QED) is 0.561. The van der Waals surface area contributed by atoms with E-state index < -0.39 is 16.3 Å². The number of piperidine rings is 1. The van der Waals surface area contributed by atoms with Crippen LogP contribution in [0, 0.1) is 0 Å². The number of likely N-dealkylation sites (tertiary alicyclic amines) is 1. The normalized spacial score (nSPS) is 22.5. The minimum absolute atomic E-state index is 0.0441. The second kappa shape index (κ2) is 11.0. The summed E-state index contributed by atoms with van der Waals surface area (Å²) in [4.78, 5) is 21.1. The van der Waals surface area contributed by atoms with Gasteiger partial charge in [-0.15, -0.1) is 0 Å². The van der Waals surface area contributed by atoms with Crippen LogP contribution in [0.5, 0.6) is 0 Å². The van der Waals surface area contributed by atoms with Crippen LogP contribution in [0.1, 0.15) is 41.1 Å². The van der Waals surface area contributed by atoms with Crippen LogP contribution < -0.4 is 0 Å². The predicted molar refractivity (Wildman–Crippen MR) is 123 cm³/mol. The number of halogens is 2. The first kappa shape index (κ1) is 25.5. The Balaban J connectivity index is 1.54. The Morgan fingerprint density at radius 3 is 2.49 bits per heavy atom. The summed E-state index contributed by atoms with van der Waals surface area (Å²) in [6, 6.07) is 6.84. The SMILES string of the molecule is COCCc1noc(C2CC(c3ccc(CC(F)F)cc3)CN(C(=O)N3CCS(=O)(=O)CC3)C2)n1. The molecule has 2 amide bonds. The molecule has 3 heterocycles. The molecule has 0 radical (unpaired) electrons. The first-order chi connectivity index (χ1) is 16.7. The van der Waals surface area contributed by atoms with Crippen LogP contribution in [0.2, 0.25) is 0 Å². The van der Waals surface area contributed by atoms with Crippen molar-refractivity contribution >= 4 is 15.9 Å². The molecule has 2 aliphatic rings. The maximum Gasteiger partial charge on any atom is 0.320 e. The molecule has 0 saturated carbocycles. The van der Waals surface area contributed by atoms with Crippen molar-refractivity contribution in [2.45, 2.75) is 37.5 Å². The topological polar surface area (TPSA) is 106 Å². The number of ether oxygens (including phenoxy) is 1. The molecule has 2 aromatic rings. The van der Waals surface area contributed by atoms with Gasteiger partial charge in [-0.05, 0) is 17.5 Å². The van der Waals surface area contributed by atoms with E-state index in [1.54, 1.807) is 29.0 Å². The van der Waals surface area contributed by atoms with Crippen molar-refractivity contribution in [1.29, 1.82) is 0 Å². The van der Waals surface area contributed by atoms with Gasteiger partial charge in [-0.2, -0.15) is 4.98 Å². The minimum atomic E-state index is -3.11. The lowest BCUT2D eigenvalue weighted by Crippen LogP contribution is -2.53. The van der Waals surface area contributed by atoms with Crippen molar-refractivity contribution in [3.63, 3.8) is 0 Å². The molecular formula is C23H30F2N4O5S. The number of hydrogen-bond donors (Lipinski definition) is 0. The number of rotatable bonds is 7. The molecule has 2 saturated heterocycles. The molecule has 35 heavy (non-hydrogen) atoms. The summed E-state index contributed by atoms with van der Waals surface area (Å²) in [6.45, 7) is 1.58. The Morgan fingerprint density at radius 2 is 1.83 bits per heavy atom. The van der Waals surface area contributed by atoms with Crippen molar-refractivity contribution in [3.05, 3.63) is 47.1 Å². The van der Waals surface area contributed by atoms with Crippen molar-refractivity contribution in [3.8, 4) is 0 Å². The number of urea groups is 1. The number of benzene rings is 1. The van der Waals surface area contributed by atoms with E-state index in [9.17, 15) is 22.0 Å². The van der Waals surface area contributed by atoms with E-state index in [2.05, 4.69) is 10.1 Å². The average molecular weight is 513 g/mol. The van der Waals surface area contributed by atoms with Crippen LogP contribution in [0.25, 0.3) is 0 Å². The highest BCUT2D eigenvalue weighted by Gasteiger charge is 2.37. The summed E-state index contributed by atoms with van der Waals surface area (Å²) >= 11 is 0. The summed E-state index contributed by atoms with van der Waals surface area (Å²) < 4.78 is 59.7. The number of hydrogen-bond acceptors (Lipinski definition) is 7. The maximum atomic E-state index is 13.3. The average Bonchev–Trinajstić information content (AvgIpc) is 3.31. The number of carbonyl (C=O) groups is 1. The Morgan fingerprint density at radius 1 is 1.14 bits per heavy atom. The number of carbonyl (C=O) groups excluding carboxylic acids is 1.